The maximum Gasteiger partial charge on any atom is 0.253 e. The summed E-state index contributed by atoms with van der Waals surface area (Å²) in [5.74, 6) is -0.0936. The van der Waals surface area contributed by atoms with Crippen molar-refractivity contribution >= 4 is 23.3 Å². The third-order valence-corrected chi connectivity index (χ3v) is 8.71. The number of hydrogen-bond donors (Lipinski definition) is 1. The first-order valence-electron chi connectivity index (χ1n) is 11.5. The lowest BCUT2D eigenvalue weighted by molar-refractivity contribution is -0.136. The van der Waals surface area contributed by atoms with Crippen molar-refractivity contribution in [2.75, 3.05) is 0 Å². The van der Waals surface area contributed by atoms with E-state index in [9.17, 15) is 9.59 Å². The molecule has 0 bridgehead atoms. The van der Waals surface area contributed by atoms with Gasteiger partial charge in [-0.15, -0.1) is 0 Å². The van der Waals surface area contributed by atoms with Crippen LogP contribution in [0.3, 0.4) is 0 Å². The minimum absolute atomic E-state index is 0.0367. The number of rotatable bonds is 6. The van der Waals surface area contributed by atoms with Crippen LogP contribution in [0.4, 0.5) is 0 Å². The van der Waals surface area contributed by atoms with Crippen LogP contribution in [0.1, 0.15) is 92.6 Å². The van der Waals surface area contributed by atoms with E-state index in [4.69, 9.17) is 0 Å². The van der Waals surface area contributed by atoms with Gasteiger partial charge in [-0.3, -0.25) is 13.5 Å². The standard InChI is InChI=1S/C24H39N3O2S/c1-8-9-10-16-15-27(22(2,3)4)30-20(16)26-21(29)24(7)14-13-18(23(24,5)6)19(28)25-17-11-12-17/h15,17-18H,8-14H2,1-7H3,(H,25,28)/b26-20-/t18-,24+/m1/s1. The summed E-state index contributed by atoms with van der Waals surface area (Å²) in [6.07, 6.45) is 8.92. The van der Waals surface area contributed by atoms with Crippen LogP contribution < -0.4 is 9.99 Å². The first-order valence-corrected chi connectivity index (χ1v) is 12.3. The van der Waals surface area contributed by atoms with Gasteiger partial charge < -0.3 is 5.32 Å². The summed E-state index contributed by atoms with van der Waals surface area (Å²) in [5.41, 5.74) is 0.0720. The van der Waals surface area contributed by atoms with E-state index in [1.807, 2.05) is 6.92 Å². The lowest BCUT2D eigenvalue weighted by atomic mass is 9.65. The van der Waals surface area contributed by atoms with Gasteiger partial charge in [-0.1, -0.05) is 34.1 Å². The molecule has 2 aliphatic rings. The van der Waals surface area contributed by atoms with Crippen molar-refractivity contribution in [3.05, 3.63) is 16.4 Å². The maximum absolute atomic E-state index is 13.5. The molecule has 0 aromatic carbocycles. The van der Waals surface area contributed by atoms with E-state index in [1.165, 1.54) is 0 Å². The molecule has 0 saturated heterocycles. The first kappa shape index (κ1) is 23.2. The zero-order chi connectivity index (χ0) is 22.3. The van der Waals surface area contributed by atoms with Gasteiger partial charge in [0, 0.05) is 29.3 Å². The molecule has 3 rings (SSSR count). The second-order valence-electron chi connectivity index (χ2n) is 11.0. The van der Waals surface area contributed by atoms with Crippen LogP contribution in [0.5, 0.6) is 0 Å². The molecule has 2 fully saturated rings. The molecule has 0 radical (unpaired) electrons. The topological polar surface area (TPSA) is 63.5 Å². The molecule has 30 heavy (non-hydrogen) atoms. The predicted molar refractivity (Wildman–Crippen MR) is 122 cm³/mol. The fourth-order valence-electron chi connectivity index (χ4n) is 4.42. The Kier molecular flexibility index (Phi) is 6.39. The average molecular weight is 434 g/mol. The highest BCUT2D eigenvalue weighted by atomic mass is 32.1. The smallest absolute Gasteiger partial charge is 0.253 e. The van der Waals surface area contributed by atoms with Crippen molar-refractivity contribution in [1.82, 2.24) is 9.27 Å². The molecule has 6 heteroatoms. The summed E-state index contributed by atoms with van der Waals surface area (Å²) < 4.78 is 3.05. The van der Waals surface area contributed by atoms with Gasteiger partial charge in [0.05, 0.1) is 5.41 Å². The average Bonchev–Trinajstić information content (AvgIpc) is 3.29. The van der Waals surface area contributed by atoms with E-state index in [2.05, 4.69) is 62.0 Å². The Morgan fingerprint density at radius 1 is 1.23 bits per heavy atom. The maximum atomic E-state index is 13.5. The molecule has 2 saturated carbocycles. The van der Waals surface area contributed by atoms with Gasteiger partial charge in [-0.2, -0.15) is 0 Å². The number of amides is 2. The molecule has 1 heterocycles. The molecule has 2 aliphatic carbocycles. The number of nitrogens with zero attached hydrogens (tertiary/aromatic N) is 2. The molecule has 1 aromatic heterocycles. The Morgan fingerprint density at radius 3 is 2.47 bits per heavy atom. The van der Waals surface area contributed by atoms with Crippen molar-refractivity contribution in [3.63, 3.8) is 0 Å². The third kappa shape index (κ3) is 4.44. The van der Waals surface area contributed by atoms with Gasteiger partial charge in [-0.05, 0) is 76.2 Å². The highest BCUT2D eigenvalue weighted by Gasteiger charge is 2.58. The van der Waals surface area contributed by atoms with Crippen molar-refractivity contribution in [2.24, 2.45) is 21.7 Å². The Labute approximate surface area is 185 Å². The normalized spacial score (nSPS) is 26.8. The largest absolute Gasteiger partial charge is 0.353 e. The van der Waals surface area contributed by atoms with Crippen LogP contribution in [-0.2, 0) is 21.5 Å². The van der Waals surface area contributed by atoms with E-state index in [1.54, 1.807) is 11.5 Å². The summed E-state index contributed by atoms with van der Waals surface area (Å²) in [5, 5.41) is 3.15. The molecule has 2 atom stereocenters. The molecule has 2 amide bonds. The summed E-state index contributed by atoms with van der Waals surface area (Å²) in [6, 6.07) is 0.348. The SMILES string of the molecule is CCCCc1cn(C(C)(C)C)s/c1=N\C(=O)[C@]1(C)CC[C@H](C(=O)NC2CC2)C1(C)C. The molecule has 5 nitrogen and oxygen atoms in total. The number of aromatic nitrogens is 1. The van der Waals surface area contributed by atoms with Crippen LogP contribution in [-0.4, -0.2) is 21.8 Å². The fraction of sp³-hybridized carbons (Fsp3) is 0.792. The molecule has 0 aliphatic heterocycles. The number of carbonyl (C=O) groups excluding carboxylic acids is 2. The van der Waals surface area contributed by atoms with Crippen molar-refractivity contribution in [1.29, 1.82) is 0 Å². The second-order valence-corrected chi connectivity index (χ2v) is 12.0. The van der Waals surface area contributed by atoms with Crippen LogP contribution in [0.2, 0.25) is 0 Å². The van der Waals surface area contributed by atoms with Crippen LogP contribution in [0.15, 0.2) is 11.2 Å². The summed E-state index contributed by atoms with van der Waals surface area (Å²) >= 11 is 1.58. The number of aryl methyl sites for hydroxylation is 1. The Morgan fingerprint density at radius 2 is 1.90 bits per heavy atom. The van der Waals surface area contributed by atoms with Crippen molar-refractivity contribution < 1.29 is 9.59 Å². The summed E-state index contributed by atoms with van der Waals surface area (Å²) in [6.45, 7) is 14.9. The zero-order valence-electron chi connectivity index (χ0n) is 19.8. The van der Waals surface area contributed by atoms with E-state index < -0.39 is 10.8 Å². The second kappa shape index (κ2) is 8.25. The highest BCUT2D eigenvalue weighted by molar-refractivity contribution is 7.04. The zero-order valence-corrected chi connectivity index (χ0v) is 20.6. The van der Waals surface area contributed by atoms with Crippen LogP contribution in [0, 0.1) is 16.7 Å². The van der Waals surface area contributed by atoms with Crippen LogP contribution >= 0.6 is 11.5 Å². The van der Waals surface area contributed by atoms with Gasteiger partial charge in [0.25, 0.3) is 5.91 Å². The molecule has 0 unspecified atom stereocenters. The first-order chi connectivity index (χ1) is 13.9. The monoisotopic (exact) mass is 433 g/mol. The molecular weight excluding hydrogens is 394 g/mol. The Hall–Kier alpha value is -1.43. The number of nitrogens with one attached hydrogen (secondary N) is 1. The lowest BCUT2D eigenvalue weighted by Gasteiger charge is -2.38. The van der Waals surface area contributed by atoms with Crippen molar-refractivity contribution in [2.45, 2.75) is 105 Å². The summed E-state index contributed by atoms with van der Waals surface area (Å²) in [7, 11) is 0. The Balaban J connectivity index is 1.90. The number of hydrogen-bond acceptors (Lipinski definition) is 3. The molecule has 1 aromatic rings. The van der Waals surface area contributed by atoms with Crippen molar-refractivity contribution in [3.8, 4) is 0 Å². The fourth-order valence-corrected chi connectivity index (χ4v) is 5.46. The van der Waals surface area contributed by atoms with E-state index in [0.717, 1.165) is 48.8 Å². The predicted octanol–water partition coefficient (Wildman–Crippen LogP) is 4.80. The molecule has 1 N–H and O–H groups in total. The quantitative estimate of drug-likeness (QED) is 0.701. The molecule has 0 spiro atoms. The minimum atomic E-state index is -0.628. The molecular formula is C24H39N3O2S. The van der Waals surface area contributed by atoms with E-state index >= 15 is 0 Å². The van der Waals surface area contributed by atoms with Gasteiger partial charge in [0.2, 0.25) is 5.91 Å². The number of carbonyl (C=O) groups is 2. The Bertz CT molecular complexity index is 870. The van der Waals surface area contributed by atoms with Gasteiger partial charge in [0.15, 0.2) is 0 Å². The van der Waals surface area contributed by atoms with Gasteiger partial charge in [-0.25, -0.2) is 4.99 Å². The minimum Gasteiger partial charge on any atom is -0.353 e. The lowest BCUT2D eigenvalue weighted by Crippen LogP contribution is -2.45. The number of unbranched alkanes of at least 4 members (excludes halogenated alkanes) is 1. The van der Waals surface area contributed by atoms with Gasteiger partial charge in [0.1, 0.15) is 4.67 Å². The molecule has 168 valence electrons. The summed E-state index contributed by atoms with van der Waals surface area (Å²) in [4.78, 5) is 31.0. The third-order valence-electron chi connectivity index (χ3n) is 7.34. The van der Waals surface area contributed by atoms with E-state index in [-0.39, 0.29) is 23.3 Å². The van der Waals surface area contributed by atoms with E-state index in [0.29, 0.717) is 12.5 Å². The van der Waals surface area contributed by atoms with Gasteiger partial charge >= 0.3 is 0 Å². The highest BCUT2D eigenvalue weighted by Crippen LogP contribution is 2.56. The van der Waals surface area contributed by atoms with Crippen LogP contribution in [0.25, 0.3) is 0 Å².